The molecule has 2 heterocycles. The number of nitrogens with zero attached hydrogens (tertiary/aromatic N) is 2. The maximum Gasteiger partial charge on any atom is 0.0971 e. The van der Waals surface area contributed by atoms with Crippen LogP contribution in [0.5, 0.6) is 0 Å². The fourth-order valence-electron chi connectivity index (χ4n) is 2.74. The lowest BCUT2D eigenvalue weighted by molar-refractivity contribution is 1.08. The van der Waals surface area contributed by atoms with Gasteiger partial charge in [0.05, 0.1) is 21.4 Å². The van der Waals surface area contributed by atoms with Gasteiger partial charge in [0.15, 0.2) is 0 Å². The van der Waals surface area contributed by atoms with Gasteiger partial charge in [-0.1, -0.05) is 72.8 Å². The lowest BCUT2D eigenvalue weighted by Crippen LogP contribution is -1.91. The highest BCUT2D eigenvalue weighted by Crippen LogP contribution is 2.26. The molecule has 0 aliphatic carbocycles. The van der Waals surface area contributed by atoms with Crippen molar-refractivity contribution >= 4 is 23.5 Å². The van der Waals surface area contributed by atoms with Crippen LogP contribution in [-0.4, -0.2) is 9.97 Å². The first-order valence-corrected chi connectivity index (χ1v) is 11.1. The maximum absolute atomic E-state index is 4.81. The minimum Gasteiger partial charge on any atom is -0.240 e. The predicted molar refractivity (Wildman–Crippen MR) is 119 cm³/mol. The SMILES string of the molecule is c1ccc(CSc2cccc(-c3cccc(SCc4ccccc4)n3)n2)cc1. The summed E-state index contributed by atoms with van der Waals surface area (Å²) in [7, 11) is 0. The molecule has 0 unspecified atom stereocenters. The highest BCUT2D eigenvalue weighted by molar-refractivity contribution is 7.98. The van der Waals surface area contributed by atoms with Gasteiger partial charge in [-0.05, 0) is 35.4 Å². The molecule has 2 nitrogen and oxygen atoms in total. The van der Waals surface area contributed by atoms with Gasteiger partial charge < -0.3 is 0 Å². The molecule has 4 aromatic rings. The molecule has 2 aromatic carbocycles. The van der Waals surface area contributed by atoms with E-state index in [1.807, 2.05) is 24.3 Å². The van der Waals surface area contributed by atoms with Gasteiger partial charge in [0.1, 0.15) is 0 Å². The molecule has 138 valence electrons. The summed E-state index contributed by atoms with van der Waals surface area (Å²) in [6.45, 7) is 0. The Bertz CT molecular complexity index is 936. The zero-order valence-electron chi connectivity index (χ0n) is 15.4. The number of rotatable bonds is 7. The third kappa shape index (κ3) is 5.24. The molecule has 0 saturated heterocycles. The molecule has 0 fully saturated rings. The monoisotopic (exact) mass is 400 g/mol. The van der Waals surface area contributed by atoms with Crippen molar-refractivity contribution in [1.82, 2.24) is 9.97 Å². The summed E-state index contributed by atoms with van der Waals surface area (Å²) >= 11 is 3.50. The summed E-state index contributed by atoms with van der Waals surface area (Å²) in [5.41, 5.74) is 4.44. The minimum atomic E-state index is 0.914. The first-order chi connectivity index (χ1) is 13.9. The molecule has 0 radical (unpaired) electrons. The van der Waals surface area contributed by atoms with Gasteiger partial charge in [-0.15, -0.1) is 23.5 Å². The largest absolute Gasteiger partial charge is 0.240 e. The van der Waals surface area contributed by atoms with Crippen LogP contribution in [0.25, 0.3) is 11.4 Å². The van der Waals surface area contributed by atoms with Crippen LogP contribution in [0.15, 0.2) is 107 Å². The molecule has 0 amide bonds. The van der Waals surface area contributed by atoms with Gasteiger partial charge in [-0.25, -0.2) is 9.97 Å². The van der Waals surface area contributed by atoms with Crippen molar-refractivity contribution in [3.8, 4) is 11.4 Å². The number of pyridine rings is 2. The number of aromatic nitrogens is 2. The Hall–Kier alpha value is -2.56. The maximum atomic E-state index is 4.81. The normalized spacial score (nSPS) is 10.7. The summed E-state index contributed by atoms with van der Waals surface area (Å²) in [6.07, 6.45) is 0. The van der Waals surface area contributed by atoms with Crippen molar-refractivity contribution < 1.29 is 0 Å². The Morgan fingerprint density at radius 3 is 1.32 bits per heavy atom. The average Bonchev–Trinajstić information content (AvgIpc) is 2.78. The highest BCUT2D eigenvalue weighted by Gasteiger charge is 2.06. The zero-order valence-corrected chi connectivity index (χ0v) is 17.0. The lowest BCUT2D eigenvalue weighted by Gasteiger charge is -2.06. The Balaban J connectivity index is 1.45. The molecule has 4 rings (SSSR count). The second kappa shape index (κ2) is 9.58. The summed E-state index contributed by atoms with van der Waals surface area (Å²) in [5, 5.41) is 2.04. The van der Waals surface area contributed by atoms with E-state index in [1.165, 1.54) is 11.1 Å². The average molecular weight is 401 g/mol. The van der Waals surface area contributed by atoms with Crippen molar-refractivity contribution in [2.45, 2.75) is 21.6 Å². The van der Waals surface area contributed by atoms with E-state index in [4.69, 9.17) is 9.97 Å². The van der Waals surface area contributed by atoms with E-state index in [2.05, 4.69) is 72.8 Å². The van der Waals surface area contributed by atoms with Crippen LogP contribution >= 0.6 is 23.5 Å². The first kappa shape index (κ1) is 18.8. The van der Waals surface area contributed by atoms with Gasteiger partial charge in [-0.2, -0.15) is 0 Å². The van der Waals surface area contributed by atoms with E-state index in [-0.39, 0.29) is 0 Å². The van der Waals surface area contributed by atoms with Crippen molar-refractivity contribution in [2.75, 3.05) is 0 Å². The van der Waals surface area contributed by atoms with Gasteiger partial charge in [0.25, 0.3) is 0 Å². The van der Waals surface area contributed by atoms with Crippen molar-refractivity contribution in [2.24, 2.45) is 0 Å². The molecule has 28 heavy (non-hydrogen) atoms. The molecule has 0 aliphatic rings. The van der Waals surface area contributed by atoms with E-state index < -0.39 is 0 Å². The number of hydrogen-bond acceptors (Lipinski definition) is 4. The molecular formula is C24H20N2S2. The van der Waals surface area contributed by atoms with Gasteiger partial charge in [0.2, 0.25) is 0 Å². The fraction of sp³-hybridized carbons (Fsp3) is 0.0833. The topological polar surface area (TPSA) is 25.8 Å². The Morgan fingerprint density at radius 1 is 0.464 bits per heavy atom. The predicted octanol–water partition coefficient (Wildman–Crippen LogP) is 6.73. The number of hydrogen-bond donors (Lipinski definition) is 0. The number of thioether (sulfide) groups is 2. The highest BCUT2D eigenvalue weighted by atomic mass is 32.2. The quantitative estimate of drug-likeness (QED) is 0.321. The molecule has 4 heteroatoms. The van der Waals surface area contributed by atoms with Gasteiger partial charge in [-0.3, -0.25) is 0 Å². The first-order valence-electron chi connectivity index (χ1n) is 9.15. The summed E-state index contributed by atoms with van der Waals surface area (Å²) < 4.78 is 0. The lowest BCUT2D eigenvalue weighted by atomic mass is 10.2. The van der Waals surface area contributed by atoms with Crippen LogP contribution in [0.2, 0.25) is 0 Å². The van der Waals surface area contributed by atoms with E-state index in [0.717, 1.165) is 32.9 Å². The van der Waals surface area contributed by atoms with Crippen LogP contribution in [-0.2, 0) is 11.5 Å². The zero-order chi connectivity index (χ0) is 19.0. The molecule has 2 aromatic heterocycles. The molecule has 0 bridgehead atoms. The van der Waals surface area contributed by atoms with Crippen molar-refractivity contribution in [3.63, 3.8) is 0 Å². The van der Waals surface area contributed by atoms with Crippen LogP contribution in [0.1, 0.15) is 11.1 Å². The van der Waals surface area contributed by atoms with Crippen LogP contribution in [0.3, 0.4) is 0 Å². The van der Waals surface area contributed by atoms with Crippen LogP contribution in [0, 0.1) is 0 Å². The van der Waals surface area contributed by atoms with Gasteiger partial charge >= 0.3 is 0 Å². The van der Waals surface area contributed by atoms with Crippen molar-refractivity contribution in [1.29, 1.82) is 0 Å². The molecule has 0 saturated carbocycles. The Kier molecular flexibility index (Phi) is 6.43. The van der Waals surface area contributed by atoms with E-state index in [1.54, 1.807) is 23.5 Å². The smallest absolute Gasteiger partial charge is 0.0971 e. The van der Waals surface area contributed by atoms with E-state index in [0.29, 0.717) is 0 Å². The molecular weight excluding hydrogens is 380 g/mol. The van der Waals surface area contributed by atoms with Crippen LogP contribution in [0.4, 0.5) is 0 Å². The second-order valence-electron chi connectivity index (χ2n) is 6.27. The molecule has 0 aliphatic heterocycles. The third-order valence-corrected chi connectivity index (χ3v) is 6.17. The van der Waals surface area contributed by atoms with E-state index in [9.17, 15) is 0 Å². The standard InChI is InChI=1S/C24H20N2S2/c1-3-9-19(10-4-1)17-27-23-15-7-13-21(25-23)22-14-8-16-24(26-22)28-18-20-11-5-2-6-12-20/h1-16H,17-18H2. The van der Waals surface area contributed by atoms with Crippen LogP contribution < -0.4 is 0 Å². The fourth-order valence-corrected chi connectivity index (χ4v) is 4.43. The third-order valence-electron chi connectivity index (χ3n) is 4.17. The summed E-state index contributed by atoms with van der Waals surface area (Å²) in [6, 6.07) is 33.2. The Labute approximate surface area is 174 Å². The molecule has 0 atom stereocenters. The Morgan fingerprint density at radius 2 is 0.893 bits per heavy atom. The van der Waals surface area contributed by atoms with Crippen molar-refractivity contribution in [3.05, 3.63) is 108 Å². The second-order valence-corrected chi connectivity index (χ2v) is 8.26. The minimum absolute atomic E-state index is 0.914. The summed E-state index contributed by atoms with van der Waals surface area (Å²) in [5.74, 6) is 1.83. The van der Waals surface area contributed by atoms with E-state index >= 15 is 0 Å². The summed E-state index contributed by atoms with van der Waals surface area (Å²) in [4.78, 5) is 9.62. The molecule has 0 N–H and O–H groups in total. The van der Waals surface area contributed by atoms with Gasteiger partial charge in [0, 0.05) is 11.5 Å². The molecule has 0 spiro atoms. The number of benzene rings is 2.